The maximum Gasteiger partial charge on any atom is 0.264 e. The number of carbonyl (C=O) groups is 1. The first kappa shape index (κ1) is 15.7. The molecule has 3 rings (SSSR count). The summed E-state index contributed by atoms with van der Waals surface area (Å²) in [6.45, 7) is 0. The maximum atomic E-state index is 12.1. The summed E-state index contributed by atoms with van der Waals surface area (Å²) in [5, 5.41) is 3.66. The van der Waals surface area contributed by atoms with Gasteiger partial charge in [0, 0.05) is 4.90 Å². The molecule has 1 amide bonds. The van der Waals surface area contributed by atoms with Gasteiger partial charge in [0.15, 0.2) is 5.17 Å². The van der Waals surface area contributed by atoms with Crippen molar-refractivity contribution < 1.29 is 4.79 Å². The summed E-state index contributed by atoms with van der Waals surface area (Å²) in [4.78, 5) is 18.7. The molecule has 1 aliphatic carbocycles. The number of amidine groups is 1. The Morgan fingerprint density at radius 2 is 1.95 bits per heavy atom. The van der Waals surface area contributed by atoms with E-state index in [9.17, 15) is 4.79 Å². The zero-order chi connectivity index (χ0) is 15.4. The summed E-state index contributed by atoms with van der Waals surface area (Å²) < 4.78 is 0. The third kappa shape index (κ3) is 3.96. The van der Waals surface area contributed by atoms with Crippen molar-refractivity contribution in [2.75, 3.05) is 6.26 Å². The largest absolute Gasteiger partial charge is 0.301 e. The van der Waals surface area contributed by atoms with Crippen molar-refractivity contribution in [1.82, 2.24) is 5.32 Å². The lowest BCUT2D eigenvalue weighted by molar-refractivity contribution is -0.115. The molecule has 1 saturated heterocycles. The van der Waals surface area contributed by atoms with Crippen LogP contribution in [0, 0.1) is 0 Å². The zero-order valence-electron chi connectivity index (χ0n) is 12.7. The van der Waals surface area contributed by atoms with Crippen LogP contribution in [0.5, 0.6) is 0 Å². The summed E-state index contributed by atoms with van der Waals surface area (Å²) in [5.74, 6) is -0.0338. The molecular formula is C17H20N2OS2. The van der Waals surface area contributed by atoms with E-state index in [-0.39, 0.29) is 5.91 Å². The van der Waals surface area contributed by atoms with Crippen molar-refractivity contribution in [3.05, 3.63) is 34.7 Å². The quantitative estimate of drug-likeness (QED) is 0.663. The zero-order valence-corrected chi connectivity index (χ0v) is 14.3. The highest BCUT2D eigenvalue weighted by molar-refractivity contribution is 8.18. The van der Waals surface area contributed by atoms with Crippen molar-refractivity contribution >= 4 is 40.7 Å². The van der Waals surface area contributed by atoms with Gasteiger partial charge in [-0.2, -0.15) is 0 Å². The van der Waals surface area contributed by atoms with Crippen molar-refractivity contribution in [3.63, 3.8) is 0 Å². The van der Waals surface area contributed by atoms with Crippen LogP contribution in [0.2, 0.25) is 0 Å². The van der Waals surface area contributed by atoms with Crippen molar-refractivity contribution in [2.24, 2.45) is 4.99 Å². The molecule has 1 aliphatic heterocycles. The number of nitrogens with zero attached hydrogens (tertiary/aromatic N) is 1. The number of nitrogens with one attached hydrogen (secondary N) is 1. The van der Waals surface area contributed by atoms with Gasteiger partial charge in [-0.1, -0.05) is 31.4 Å². The lowest BCUT2D eigenvalue weighted by atomic mass is 9.96. The van der Waals surface area contributed by atoms with Gasteiger partial charge in [-0.15, -0.1) is 11.8 Å². The van der Waals surface area contributed by atoms with E-state index in [0.717, 1.165) is 28.5 Å². The number of hydrogen-bond acceptors (Lipinski definition) is 4. The molecule has 0 radical (unpaired) electrons. The standard InChI is InChI=1S/C17H20N2OS2/c1-21-14-9-7-12(8-10-14)11-15-16(20)19-17(22-15)18-13-5-3-2-4-6-13/h7-11,13H,2-6H2,1H3,(H,18,19,20)/b15-11-. The normalized spacial score (nSPS) is 23.2. The fourth-order valence-corrected chi connectivity index (χ4v) is 4.02. The third-order valence-electron chi connectivity index (χ3n) is 3.94. The molecule has 116 valence electrons. The predicted octanol–water partition coefficient (Wildman–Crippen LogP) is 4.30. The summed E-state index contributed by atoms with van der Waals surface area (Å²) in [6.07, 6.45) is 10.1. The Balaban J connectivity index is 1.70. The van der Waals surface area contributed by atoms with E-state index in [1.165, 1.54) is 35.9 Å². The van der Waals surface area contributed by atoms with Gasteiger partial charge in [0.25, 0.3) is 5.91 Å². The molecule has 0 unspecified atom stereocenters. The average Bonchev–Trinajstić information content (AvgIpc) is 2.88. The summed E-state index contributed by atoms with van der Waals surface area (Å²) in [6, 6.07) is 8.63. The first-order valence-electron chi connectivity index (χ1n) is 7.67. The highest BCUT2D eigenvalue weighted by atomic mass is 32.2. The lowest BCUT2D eigenvalue weighted by Crippen LogP contribution is -2.22. The fourth-order valence-electron chi connectivity index (χ4n) is 2.72. The van der Waals surface area contributed by atoms with Crippen LogP contribution in [-0.4, -0.2) is 23.4 Å². The van der Waals surface area contributed by atoms with E-state index in [0.29, 0.717) is 6.04 Å². The smallest absolute Gasteiger partial charge is 0.264 e. The Morgan fingerprint density at radius 1 is 1.23 bits per heavy atom. The first-order chi connectivity index (χ1) is 10.7. The van der Waals surface area contributed by atoms with E-state index in [1.807, 2.05) is 18.2 Å². The number of carbonyl (C=O) groups excluding carboxylic acids is 1. The minimum absolute atomic E-state index is 0.0338. The second kappa shape index (κ2) is 7.38. The molecule has 1 N–H and O–H groups in total. The molecule has 0 atom stereocenters. The van der Waals surface area contributed by atoms with Crippen LogP contribution in [0.25, 0.3) is 6.08 Å². The number of rotatable bonds is 3. The number of thioether (sulfide) groups is 2. The predicted molar refractivity (Wildman–Crippen MR) is 96.2 cm³/mol. The number of aliphatic imine (C=N–C) groups is 1. The minimum Gasteiger partial charge on any atom is -0.301 e. The Morgan fingerprint density at radius 3 is 2.64 bits per heavy atom. The molecule has 1 aromatic rings. The Bertz CT molecular complexity index is 602. The molecule has 1 heterocycles. The molecule has 3 nitrogen and oxygen atoms in total. The summed E-state index contributed by atoms with van der Waals surface area (Å²) in [5.41, 5.74) is 1.05. The molecule has 22 heavy (non-hydrogen) atoms. The Hall–Kier alpha value is -1.20. The molecule has 0 bridgehead atoms. The van der Waals surface area contributed by atoms with E-state index in [4.69, 9.17) is 4.99 Å². The second-order valence-electron chi connectivity index (χ2n) is 5.56. The molecule has 1 saturated carbocycles. The first-order valence-corrected chi connectivity index (χ1v) is 9.71. The second-order valence-corrected chi connectivity index (χ2v) is 7.47. The fraction of sp³-hybridized carbons (Fsp3) is 0.412. The highest BCUT2D eigenvalue weighted by Crippen LogP contribution is 2.29. The number of hydrogen-bond donors (Lipinski definition) is 1. The van der Waals surface area contributed by atoms with Crippen LogP contribution in [-0.2, 0) is 4.79 Å². The lowest BCUT2D eigenvalue weighted by Gasteiger charge is -2.17. The number of benzene rings is 1. The summed E-state index contributed by atoms with van der Waals surface area (Å²) >= 11 is 3.18. The molecule has 2 aliphatic rings. The molecule has 1 aromatic carbocycles. The van der Waals surface area contributed by atoms with E-state index in [2.05, 4.69) is 23.7 Å². The Kier molecular flexibility index (Phi) is 5.26. The van der Waals surface area contributed by atoms with Gasteiger partial charge >= 0.3 is 0 Å². The van der Waals surface area contributed by atoms with Crippen LogP contribution in [0.4, 0.5) is 0 Å². The molecule has 2 fully saturated rings. The van der Waals surface area contributed by atoms with Crippen LogP contribution in [0.3, 0.4) is 0 Å². The van der Waals surface area contributed by atoms with Crippen molar-refractivity contribution in [1.29, 1.82) is 0 Å². The van der Waals surface area contributed by atoms with Gasteiger partial charge in [-0.3, -0.25) is 9.79 Å². The van der Waals surface area contributed by atoms with Gasteiger partial charge in [-0.05, 0) is 54.6 Å². The summed E-state index contributed by atoms with van der Waals surface area (Å²) in [7, 11) is 0. The van der Waals surface area contributed by atoms with Gasteiger partial charge in [0.2, 0.25) is 0 Å². The molecule has 5 heteroatoms. The minimum atomic E-state index is -0.0338. The van der Waals surface area contributed by atoms with Crippen LogP contribution in [0.15, 0.2) is 39.1 Å². The van der Waals surface area contributed by atoms with E-state index in [1.54, 1.807) is 11.8 Å². The maximum absolute atomic E-state index is 12.1. The van der Waals surface area contributed by atoms with Crippen LogP contribution >= 0.6 is 23.5 Å². The van der Waals surface area contributed by atoms with Crippen LogP contribution < -0.4 is 5.32 Å². The topological polar surface area (TPSA) is 41.5 Å². The van der Waals surface area contributed by atoms with Gasteiger partial charge in [-0.25, -0.2) is 0 Å². The monoisotopic (exact) mass is 332 g/mol. The van der Waals surface area contributed by atoms with E-state index >= 15 is 0 Å². The molecular weight excluding hydrogens is 312 g/mol. The Labute approximate surface area is 140 Å². The van der Waals surface area contributed by atoms with Crippen molar-refractivity contribution in [3.8, 4) is 0 Å². The van der Waals surface area contributed by atoms with Gasteiger partial charge < -0.3 is 5.32 Å². The van der Waals surface area contributed by atoms with Crippen LogP contribution in [0.1, 0.15) is 37.7 Å². The SMILES string of the molecule is CSc1ccc(/C=C2\SC(=NC3CCCCC3)NC2=O)cc1. The van der Waals surface area contributed by atoms with E-state index < -0.39 is 0 Å². The van der Waals surface area contributed by atoms with Gasteiger partial charge in [0.05, 0.1) is 10.9 Å². The number of amides is 1. The van der Waals surface area contributed by atoms with Gasteiger partial charge in [0.1, 0.15) is 0 Å². The van der Waals surface area contributed by atoms with Crippen molar-refractivity contribution in [2.45, 2.75) is 43.0 Å². The molecule has 0 spiro atoms. The molecule has 0 aromatic heterocycles. The average molecular weight is 332 g/mol. The highest BCUT2D eigenvalue weighted by Gasteiger charge is 2.25. The third-order valence-corrected chi connectivity index (χ3v) is 5.61.